The van der Waals surface area contributed by atoms with E-state index in [0.29, 0.717) is 11.8 Å². The van der Waals surface area contributed by atoms with Gasteiger partial charge < -0.3 is 0 Å². The third kappa shape index (κ3) is 3.72. The topological polar surface area (TPSA) is 0 Å². The van der Waals surface area contributed by atoms with Crippen molar-refractivity contribution in [2.24, 2.45) is 11.8 Å². The summed E-state index contributed by atoms with van der Waals surface area (Å²) in [5.41, 5.74) is 1.10. The molecular weight excluding hydrogens is 259 g/mol. The maximum atomic E-state index is 13.5. The Hall–Kier alpha value is -0.560. The second-order valence-electron chi connectivity index (χ2n) is 6.03. The molecule has 1 saturated carbocycles. The van der Waals surface area contributed by atoms with Crippen LogP contribution < -0.4 is 0 Å². The fourth-order valence-corrected chi connectivity index (χ4v) is 3.57. The number of hydrogen-bond donors (Lipinski definition) is 0. The first kappa shape index (κ1) is 14.8. The highest BCUT2D eigenvalue weighted by Crippen LogP contribution is 2.39. The molecule has 1 aliphatic rings. The van der Waals surface area contributed by atoms with Gasteiger partial charge in [0.2, 0.25) is 0 Å². The first-order valence-corrected chi connectivity index (χ1v) is 7.94. The summed E-state index contributed by atoms with van der Waals surface area (Å²) in [6, 6.07) is 5.28. The lowest BCUT2D eigenvalue weighted by Crippen LogP contribution is -2.19. The summed E-state index contributed by atoms with van der Waals surface area (Å²) in [4.78, 5) is 0. The SMILES string of the molecule is CCCC1CCC(C(C)c2ccc(Cl)c(F)c2)CC1. The summed E-state index contributed by atoms with van der Waals surface area (Å²) in [7, 11) is 0. The molecule has 0 heterocycles. The summed E-state index contributed by atoms with van der Waals surface area (Å²) in [6.07, 6.45) is 7.94. The third-order valence-corrected chi connectivity index (χ3v) is 5.07. The number of benzene rings is 1. The van der Waals surface area contributed by atoms with Gasteiger partial charge in [0.05, 0.1) is 5.02 Å². The van der Waals surface area contributed by atoms with Crippen molar-refractivity contribution in [3.63, 3.8) is 0 Å². The third-order valence-electron chi connectivity index (χ3n) is 4.76. The Labute approximate surface area is 121 Å². The molecule has 0 nitrogen and oxygen atoms in total. The minimum atomic E-state index is -0.286. The summed E-state index contributed by atoms with van der Waals surface area (Å²) < 4.78 is 13.5. The van der Waals surface area contributed by atoms with Crippen LogP contribution in [-0.4, -0.2) is 0 Å². The molecule has 0 N–H and O–H groups in total. The van der Waals surface area contributed by atoms with Gasteiger partial charge in [0.25, 0.3) is 0 Å². The molecule has 1 fully saturated rings. The predicted molar refractivity (Wildman–Crippen MR) is 80.2 cm³/mol. The molecule has 19 heavy (non-hydrogen) atoms. The van der Waals surface area contributed by atoms with Crippen molar-refractivity contribution < 1.29 is 4.39 Å². The van der Waals surface area contributed by atoms with Crippen LogP contribution in [0, 0.1) is 17.7 Å². The largest absolute Gasteiger partial charge is 0.205 e. The van der Waals surface area contributed by atoms with Crippen LogP contribution >= 0.6 is 11.6 Å². The van der Waals surface area contributed by atoms with Crippen LogP contribution in [0.1, 0.15) is 63.9 Å². The van der Waals surface area contributed by atoms with Crippen molar-refractivity contribution in [1.29, 1.82) is 0 Å². The van der Waals surface area contributed by atoms with Gasteiger partial charge in [-0.2, -0.15) is 0 Å². The molecule has 1 atom stereocenters. The number of halogens is 2. The van der Waals surface area contributed by atoms with Crippen molar-refractivity contribution in [3.8, 4) is 0 Å². The second kappa shape index (κ2) is 6.74. The highest BCUT2D eigenvalue weighted by molar-refractivity contribution is 6.30. The van der Waals surface area contributed by atoms with Crippen molar-refractivity contribution in [2.75, 3.05) is 0 Å². The smallest absolute Gasteiger partial charge is 0.142 e. The molecule has 1 aromatic carbocycles. The van der Waals surface area contributed by atoms with E-state index in [9.17, 15) is 4.39 Å². The van der Waals surface area contributed by atoms with E-state index in [1.807, 2.05) is 6.07 Å². The average Bonchev–Trinajstić information content (AvgIpc) is 2.42. The Bertz CT molecular complexity index is 408. The molecule has 0 amide bonds. The quantitative estimate of drug-likeness (QED) is 0.618. The molecule has 0 bridgehead atoms. The monoisotopic (exact) mass is 282 g/mol. The normalized spacial score (nSPS) is 25.3. The Morgan fingerprint density at radius 1 is 1.26 bits per heavy atom. The number of hydrogen-bond acceptors (Lipinski definition) is 0. The lowest BCUT2D eigenvalue weighted by molar-refractivity contribution is 0.238. The highest BCUT2D eigenvalue weighted by atomic mass is 35.5. The Morgan fingerprint density at radius 3 is 2.53 bits per heavy atom. The van der Waals surface area contributed by atoms with Gasteiger partial charge in [-0.1, -0.05) is 57.2 Å². The molecule has 0 aliphatic heterocycles. The van der Waals surface area contributed by atoms with Gasteiger partial charge in [0.15, 0.2) is 0 Å². The van der Waals surface area contributed by atoms with Crippen LogP contribution in [0.5, 0.6) is 0 Å². The summed E-state index contributed by atoms with van der Waals surface area (Å²) in [6.45, 7) is 4.50. The van der Waals surface area contributed by atoms with Crippen molar-refractivity contribution in [1.82, 2.24) is 0 Å². The first-order valence-electron chi connectivity index (χ1n) is 7.56. The minimum Gasteiger partial charge on any atom is -0.205 e. The lowest BCUT2D eigenvalue weighted by Gasteiger charge is -2.32. The molecule has 1 aromatic rings. The van der Waals surface area contributed by atoms with Gasteiger partial charge in [-0.15, -0.1) is 0 Å². The van der Waals surface area contributed by atoms with Crippen LogP contribution in [0.3, 0.4) is 0 Å². The van der Waals surface area contributed by atoms with Crippen molar-refractivity contribution in [2.45, 2.75) is 58.3 Å². The number of rotatable bonds is 4. The molecular formula is C17H24ClF. The molecule has 2 rings (SSSR count). The molecule has 0 saturated heterocycles. The molecule has 0 aromatic heterocycles. The van der Waals surface area contributed by atoms with E-state index < -0.39 is 0 Å². The lowest BCUT2D eigenvalue weighted by atomic mass is 9.73. The van der Waals surface area contributed by atoms with E-state index in [-0.39, 0.29) is 10.8 Å². The predicted octanol–water partition coefficient (Wildman–Crippen LogP) is 6.19. The highest BCUT2D eigenvalue weighted by Gasteiger charge is 2.25. The second-order valence-corrected chi connectivity index (χ2v) is 6.44. The Morgan fingerprint density at radius 2 is 1.95 bits per heavy atom. The van der Waals surface area contributed by atoms with Gasteiger partial charge >= 0.3 is 0 Å². The summed E-state index contributed by atoms with van der Waals surface area (Å²) in [5, 5.41) is 0.225. The Kier molecular flexibility index (Phi) is 5.27. The molecule has 1 aliphatic carbocycles. The van der Waals surface area contributed by atoms with Gasteiger partial charge in [-0.3, -0.25) is 0 Å². The van der Waals surface area contributed by atoms with E-state index in [1.54, 1.807) is 12.1 Å². The summed E-state index contributed by atoms with van der Waals surface area (Å²) in [5.74, 6) is 1.78. The molecule has 2 heteroatoms. The molecule has 106 valence electrons. The maximum Gasteiger partial charge on any atom is 0.142 e. The standard InChI is InChI=1S/C17H24ClF/c1-3-4-13-5-7-14(8-6-13)12(2)15-9-10-16(18)17(19)11-15/h9-14H,3-8H2,1-2H3. The van der Waals surface area contributed by atoms with E-state index >= 15 is 0 Å². The van der Waals surface area contributed by atoms with E-state index in [0.717, 1.165) is 11.5 Å². The fourth-order valence-electron chi connectivity index (χ4n) is 3.45. The zero-order chi connectivity index (χ0) is 13.8. The van der Waals surface area contributed by atoms with Crippen LogP contribution in [0.25, 0.3) is 0 Å². The molecule has 0 radical (unpaired) electrons. The van der Waals surface area contributed by atoms with E-state index in [1.165, 1.54) is 38.5 Å². The van der Waals surface area contributed by atoms with Crippen molar-refractivity contribution >= 4 is 11.6 Å². The Balaban J connectivity index is 1.97. The van der Waals surface area contributed by atoms with Crippen LogP contribution in [-0.2, 0) is 0 Å². The van der Waals surface area contributed by atoms with Crippen LogP contribution in [0.4, 0.5) is 4.39 Å². The van der Waals surface area contributed by atoms with Crippen LogP contribution in [0.15, 0.2) is 18.2 Å². The zero-order valence-electron chi connectivity index (χ0n) is 12.0. The average molecular weight is 283 g/mol. The molecule has 1 unspecified atom stereocenters. The molecule has 0 spiro atoms. The van der Waals surface area contributed by atoms with E-state index in [2.05, 4.69) is 13.8 Å². The first-order chi connectivity index (χ1) is 9.11. The fraction of sp³-hybridized carbons (Fsp3) is 0.647. The maximum absolute atomic E-state index is 13.5. The van der Waals surface area contributed by atoms with Gasteiger partial charge in [0, 0.05) is 0 Å². The van der Waals surface area contributed by atoms with Gasteiger partial charge in [-0.25, -0.2) is 4.39 Å². The zero-order valence-corrected chi connectivity index (χ0v) is 12.7. The van der Waals surface area contributed by atoms with Crippen molar-refractivity contribution in [3.05, 3.63) is 34.6 Å². The van der Waals surface area contributed by atoms with Gasteiger partial charge in [-0.05, 0) is 48.3 Å². The van der Waals surface area contributed by atoms with Gasteiger partial charge in [0.1, 0.15) is 5.82 Å². The van der Waals surface area contributed by atoms with E-state index in [4.69, 9.17) is 11.6 Å². The summed E-state index contributed by atoms with van der Waals surface area (Å²) >= 11 is 5.75. The minimum absolute atomic E-state index is 0.225. The van der Waals surface area contributed by atoms with Crippen LogP contribution in [0.2, 0.25) is 5.02 Å².